The Morgan fingerprint density at radius 1 is 1.29 bits per heavy atom. The van der Waals surface area contributed by atoms with Crippen LogP contribution in [0.15, 0.2) is 18.2 Å². The fraction of sp³-hybridized carbons (Fsp3) is 0.538. The van der Waals surface area contributed by atoms with Gasteiger partial charge in [0.15, 0.2) is 11.6 Å². The lowest BCUT2D eigenvalue weighted by Crippen LogP contribution is -2.37. The van der Waals surface area contributed by atoms with E-state index in [1.54, 1.807) is 0 Å². The Morgan fingerprint density at radius 3 is 2.82 bits per heavy atom. The molecule has 1 aromatic rings. The monoisotopic (exact) mass is 242 g/mol. The molecule has 0 aliphatic heterocycles. The number of aliphatic hydroxyl groups excluding tert-OH is 1. The molecule has 1 fully saturated rings. The standard InChI is InChI=1S/C13H16F2O2/c1-8-5-6-10(16)12(7-8)17-11-4-2-3-9(14)13(11)15/h2-4,8,10,12,16H,5-7H2,1H3. The van der Waals surface area contributed by atoms with Gasteiger partial charge in [0.25, 0.3) is 0 Å². The van der Waals surface area contributed by atoms with Crippen molar-refractivity contribution in [3.8, 4) is 5.75 Å². The summed E-state index contributed by atoms with van der Waals surface area (Å²) in [5.74, 6) is -1.61. The molecule has 1 N–H and O–H groups in total. The van der Waals surface area contributed by atoms with E-state index in [2.05, 4.69) is 6.92 Å². The highest BCUT2D eigenvalue weighted by molar-refractivity contribution is 5.25. The molecule has 1 aliphatic rings. The summed E-state index contributed by atoms with van der Waals surface area (Å²) >= 11 is 0. The lowest BCUT2D eigenvalue weighted by Gasteiger charge is -2.31. The van der Waals surface area contributed by atoms with Gasteiger partial charge in [0.1, 0.15) is 6.10 Å². The van der Waals surface area contributed by atoms with E-state index in [0.717, 1.165) is 12.5 Å². The van der Waals surface area contributed by atoms with Crippen molar-refractivity contribution in [3.05, 3.63) is 29.8 Å². The van der Waals surface area contributed by atoms with Crippen LogP contribution in [0.1, 0.15) is 26.2 Å². The second-order valence-corrected chi connectivity index (χ2v) is 4.69. The van der Waals surface area contributed by atoms with Crippen LogP contribution in [0, 0.1) is 17.6 Å². The minimum absolute atomic E-state index is 0.122. The van der Waals surface area contributed by atoms with E-state index in [-0.39, 0.29) is 5.75 Å². The van der Waals surface area contributed by atoms with Crippen molar-refractivity contribution in [1.82, 2.24) is 0 Å². The Kier molecular flexibility index (Phi) is 3.62. The molecule has 0 bridgehead atoms. The molecule has 3 unspecified atom stereocenters. The Morgan fingerprint density at radius 2 is 2.06 bits per heavy atom. The van der Waals surface area contributed by atoms with Gasteiger partial charge in [-0.3, -0.25) is 0 Å². The quantitative estimate of drug-likeness (QED) is 0.864. The van der Waals surface area contributed by atoms with Gasteiger partial charge in [-0.05, 0) is 37.3 Å². The molecule has 0 aromatic heterocycles. The average molecular weight is 242 g/mol. The van der Waals surface area contributed by atoms with Gasteiger partial charge in [-0.2, -0.15) is 4.39 Å². The van der Waals surface area contributed by atoms with Crippen LogP contribution in [0.5, 0.6) is 5.75 Å². The fourth-order valence-corrected chi connectivity index (χ4v) is 2.18. The smallest absolute Gasteiger partial charge is 0.200 e. The summed E-state index contributed by atoms with van der Waals surface area (Å²) in [6.45, 7) is 2.06. The van der Waals surface area contributed by atoms with Gasteiger partial charge in [0.05, 0.1) is 6.10 Å². The largest absolute Gasteiger partial charge is 0.485 e. The molecule has 17 heavy (non-hydrogen) atoms. The number of aliphatic hydroxyl groups is 1. The maximum atomic E-state index is 13.4. The zero-order valence-electron chi connectivity index (χ0n) is 9.70. The first-order valence-corrected chi connectivity index (χ1v) is 5.86. The van der Waals surface area contributed by atoms with Crippen molar-refractivity contribution in [3.63, 3.8) is 0 Å². The van der Waals surface area contributed by atoms with E-state index in [1.807, 2.05) is 0 Å². The average Bonchev–Trinajstić information content (AvgIpc) is 2.30. The molecule has 0 spiro atoms. The lowest BCUT2D eigenvalue weighted by atomic mass is 9.86. The van der Waals surface area contributed by atoms with E-state index in [0.29, 0.717) is 18.8 Å². The molecule has 94 valence electrons. The zero-order valence-corrected chi connectivity index (χ0v) is 9.70. The van der Waals surface area contributed by atoms with E-state index in [9.17, 15) is 13.9 Å². The lowest BCUT2D eigenvalue weighted by molar-refractivity contribution is -0.00959. The number of hydrogen-bond acceptors (Lipinski definition) is 2. The molecule has 3 atom stereocenters. The molecule has 4 heteroatoms. The van der Waals surface area contributed by atoms with Gasteiger partial charge in [0, 0.05) is 0 Å². The van der Waals surface area contributed by atoms with E-state index in [4.69, 9.17) is 4.74 Å². The van der Waals surface area contributed by atoms with Crippen molar-refractivity contribution in [2.45, 2.75) is 38.4 Å². The normalized spacial score (nSPS) is 29.1. The second-order valence-electron chi connectivity index (χ2n) is 4.69. The minimum Gasteiger partial charge on any atom is -0.485 e. The molecule has 2 rings (SSSR count). The van der Waals surface area contributed by atoms with Gasteiger partial charge in [0.2, 0.25) is 5.82 Å². The molecule has 1 aromatic carbocycles. The predicted molar refractivity (Wildman–Crippen MR) is 59.8 cm³/mol. The van der Waals surface area contributed by atoms with Crippen molar-refractivity contribution in [2.75, 3.05) is 0 Å². The van der Waals surface area contributed by atoms with E-state index >= 15 is 0 Å². The number of rotatable bonds is 2. The van der Waals surface area contributed by atoms with Gasteiger partial charge in [-0.25, -0.2) is 4.39 Å². The molecule has 0 heterocycles. The van der Waals surface area contributed by atoms with Crippen LogP contribution in [-0.2, 0) is 0 Å². The third kappa shape index (κ3) is 2.75. The summed E-state index contributed by atoms with van der Waals surface area (Å²) in [5, 5.41) is 9.77. The molecular weight excluding hydrogens is 226 g/mol. The SMILES string of the molecule is CC1CCC(O)C(Oc2cccc(F)c2F)C1. The van der Waals surface area contributed by atoms with Gasteiger partial charge in [-0.15, -0.1) is 0 Å². The summed E-state index contributed by atoms with van der Waals surface area (Å²) in [6, 6.07) is 3.82. The Bertz CT molecular complexity index is 395. The second kappa shape index (κ2) is 5.00. The predicted octanol–water partition coefficient (Wildman–Crippen LogP) is 2.89. The maximum Gasteiger partial charge on any atom is 0.200 e. The van der Waals surface area contributed by atoms with Gasteiger partial charge in [-0.1, -0.05) is 13.0 Å². The van der Waals surface area contributed by atoms with Gasteiger partial charge >= 0.3 is 0 Å². The topological polar surface area (TPSA) is 29.5 Å². The van der Waals surface area contributed by atoms with E-state index in [1.165, 1.54) is 12.1 Å². The van der Waals surface area contributed by atoms with Crippen LogP contribution in [0.3, 0.4) is 0 Å². The number of hydrogen-bond donors (Lipinski definition) is 1. The number of halogens is 2. The van der Waals surface area contributed by atoms with Crippen molar-refractivity contribution in [2.24, 2.45) is 5.92 Å². The van der Waals surface area contributed by atoms with Crippen LogP contribution in [0.25, 0.3) is 0 Å². The summed E-state index contributed by atoms with van der Waals surface area (Å²) in [5.41, 5.74) is 0. The van der Waals surface area contributed by atoms with E-state index < -0.39 is 23.8 Å². The first-order chi connectivity index (χ1) is 8.08. The molecule has 0 saturated heterocycles. The summed E-state index contributed by atoms with van der Waals surface area (Å²) in [6.07, 6.45) is 1.19. The Balaban J connectivity index is 2.11. The Hall–Kier alpha value is -1.16. The minimum atomic E-state index is -0.988. The molecule has 0 amide bonds. The maximum absolute atomic E-state index is 13.4. The third-order valence-electron chi connectivity index (χ3n) is 3.21. The fourth-order valence-electron chi connectivity index (χ4n) is 2.18. The number of ether oxygens (including phenoxy) is 1. The molecule has 0 radical (unpaired) electrons. The third-order valence-corrected chi connectivity index (χ3v) is 3.21. The Labute approximate surface area is 99.2 Å². The van der Waals surface area contributed by atoms with Crippen LogP contribution in [0.2, 0.25) is 0 Å². The summed E-state index contributed by atoms with van der Waals surface area (Å²) in [4.78, 5) is 0. The van der Waals surface area contributed by atoms with Crippen molar-refractivity contribution in [1.29, 1.82) is 0 Å². The van der Waals surface area contributed by atoms with Crippen molar-refractivity contribution >= 4 is 0 Å². The first-order valence-electron chi connectivity index (χ1n) is 5.86. The van der Waals surface area contributed by atoms with Crippen molar-refractivity contribution < 1.29 is 18.6 Å². The number of benzene rings is 1. The molecule has 1 saturated carbocycles. The van der Waals surface area contributed by atoms with Crippen LogP contribution < -0.4 is 4.74 Å². The van der Waals surface area contributed by atoms with Crippen LogP contribution in [0.4, 0.5) is 8.78 Å². The highest BCUT2D eigenvalue weighted by Gasteiger charge is 2.29. The summed E-state index contributed by atoms with van der Waals surface area (Å²) < 4.78 is 31.8. The highest BCUT2D eigenvalue weighted by atomic mass is 19.2. The summed E-state index contributed by atoms with van der Waals surface area (Å²) in [7, 11) is 0. The molecule has 2 nitrogen and oxygen atoms in total. The molecule has 1 aliphatic carbocycles. The van der Waals surface area contributed by atoms with Crippen LogP contribution >= 0.6 is 0 Å². The highest BCUT2D eigenvalue weighted by Crippen LogP contribution is 2.29. The van der Waals surface area contributed by atoms with Gasteiger partial charge < -0.3 is 9.84 Å². The molecular formula is C13H16F2O2. The first kappa shape index (κ1) is 12.3. The zero-order chi connectivity index (χ0) is 12.4. The van der Waals surface area contributed by atoms with Crippen LogP contribution in [-0.4, -0.2) is 17.3 Å².